The van der Waals surface area contributed by atoms with E-state index in [4.69, 9.17) is 4.42 Å². The van der Waals surface area contributed by atoms with Gasteiger partial charge in [-0.05, 0) is 25.3 Å². The topological polar surface area (TPSA) is 16.4 Å². The van der Waals surface area contributed by atoms with Crippen LogP contribution >= 0.6 is 0 Å². The summed E-state index contributed by atoms with van der Waals surface area (Å²) in [5.41, 5.74) is 1.24. The smallest absolute Gasteiger partial charge is 0.114 e. The van der Waals surface area contributed by atoms with Crippen molar-refractivity contribution in [2.45, 2.75) is 19.3 Å². The van der Waals surface area contributed by atoms with E-state index in [0.29, 0.717) is 0 Å². The Labute approximate surface area is 66.8 Å². The number of piperidine rings is 1. The van der Waals surface area contributed by atoms with Gasteiger partial charge in [-0.1, -0.05) is 0 Å². The molecule has 0 saturated carbocycles. The molecule has 0 amide bonds. The van der Waals surface area contributed by atoms with E-state index in [0.717, 1.165) is 0 Å². The zero-order valence-corrected chi connectivity index (χ0v) is 6.62. The predicted octanol–water partition coefficient (Wildman–Crippen LogP) is 2.27. The molecule has 11 heavy (non-hydrogen) atoms. The molecule has 0 unspecified atom stereocenters. The molecule has 2 nitrogen and oxygen atoms in total. The highest BCUT2D eigenvalue weighted by Gasteiger charge is 2.10. The first-order valence-electron chi connectivity index (χ1n) is 4.24. The molecule has 60 valence electrons. The summed E-state index contributed by atoms with van der Waals surface area (Å²) < 4.78 is 5.03. The quantitative estimate of drug-likeness (QED) is 0.612. The zero-order valence-electron chi connectivity index (χ0n) is 6.62. The number of furan rings is 1. The normalized spacial score (nSPS) is 18.7. The van der Waals surface area contributed by atoms with Crippen LogP contribution in [0.25, 0.3) is 0 Å². The van der Waals surface area contributed by atoms with Gasteiger partial charge in [0.15, 0.2) is 0 Å². The Morgan fingerprint density at radius 3 is 2.64 bits per heavy atom. The average molecular weight is 151 g/mol. The summed E-state index contributed by atoms with van der Waals surface area (Å²) >= 11 is 0. The van der Waals surface area contributed by atoms with Crippen LogP contribution in [0, 0.1) is 0 Å². The summed E-state index contributed by atoms with van der Waals surface area (Å²) in [7, 11) is 0. The molecule has 0 aliphatic carbocycles. The third kappa shape index (κ3) is 1.39. The van der Waals surface area contributed by atoms with Crippen molar-refractivity contribution in [3.63, 3.8) is 0 Å². The first-order valence-corrected chi connectivity index (χ1v) is 4.24. The molecule has 0 bridgehead atoms. The van der Waals surface area contributed by atoms with Gasteiger partial charge in [0.05, 0.1) is 12.0 Å². The third-order valence-electron chi connectivity index (χ3n) is 2.23. The number of hydrogen-bond acceptors (Lipinski definition) is 2. The van der Waals surface area contributed by atoms with Crippen LogP contribution in [-0.2, 0) is 0 Å². The standard InChI is InChI=1S/C9H13NO/c1-2-5-10(6-3-1)9-4-7-11-8-9/h4,7-8H,1-3,5-6H2. The van der Waals surface area contributed by atoms with Gasteiger partial charge in [0.25, 0.3) is 0 Å². The maximum absolute atomic E-state index is 5.03. The van der Waals surface area contributed by atoms with Crippen LogP contribution < -0.4 is 4.90 Å². The van der Waals surface area contributed by atoms with Gasteiger partial charge in [0, 0.05) is 13.1 Å². The molecule has 0 aromatic carbocycles. The van der Waals surface area contributed by atoms with Gasteiger partial charge in [-0.3, -0.25) is 0 Å². The monoisotopic (exact) mass is 151 g/mol. The lowest BCUT2D eigenvalue weighted by molar-refractivity contribution is 0.553. The maximum atomic E-state index is 5.03. The lowest BCUT2D eigenvalue weighted by Gasteiger charge is -2.26. The summed E-state index contributed by atoms with van der Waals surface area (Å²) in [6.45, 7) is 2.39. The molecule has 2 rings (SSSR count). The van der Waals surface area contributed by atoms with E-state index in [1.54, 1.807) is 6.26 Å². The summed E-state index contributed by atoms with van der Waals surface area (Å²) in [4.78, 5) is 2.38. The van der Waals surface area contributed by atoms with E-state index < -0.39 is 0 Å². The lowest BCUT2D eigenvalue weighted by atomic mass is 10.1. The fraction of sp³-hybridized carbons (Fsp3) is 0.556. The molecule has 0 N–H and O–H groups in total. The fourth-order valence-electron chi connectivity index (χ4n) is 1.59. The molecule has 1 aliphatic heterocycles. The van der Waals surface area contributed by atoms with Crippen LogP contribution in [-0.4, -0.2) is 13.1 Å². The molecule has 0 spiro atoms. The van der Waals surface area contributed by atoms with Crippen molar-refractivity contribution < 1.29 is 4.42 Å². The van der Waals surface area contributed by atoms with E-state index in [1.807, 2.05) is 12.3 Å². The Hall–Kier alpha value is -0.920. The second kappa shape index (κ2) is 2.99. The molecule has 1 aliphatic rings. The van der Waals surface area contributed by atoms with Crippen LogP contribution in [0.2, 0.25) is 0 Å². The lowest BCUT2D eigenvalue weighted by Crippen LogP contribution is -2.28. The summed E-state index contributed by atoms with van der Waals surface area (Å²) in [5.74, 6) is 0. The van der Waals surface area contributed by atoms with E-state index in [-0.39, 0.29) is 0 Å². The minimum absolute atomic E-state index is 1.19. The molecular weight excluding hydrogens is 138 g/mol. The SMILES string of the molecule is c1cc(N2CCCCC2)co1. The van der Waals surface area contributed by atoms with Gasteiger partial charge >= 0.3 is 0 Å². The number of hydrogen-bond donors (Lipinski definition) is 0. The summed E-state index contributed by atoms with van der Waals surface area (Å²) in [5, 5.41) is 0. The van der Waals surface area contributed by atoms with Crippen molar-refractivity contribution in [3.05, 3.63) is 18.6 Å². The van der Waals surface area contributed by atoms with Crippen molar-refractivity contribution in [1.29, 1.82) is 0 Å². The van der Waals surface area contributed by atoms with Crippen LogP contribution in [0.3, 0.4) is 0 Å². The second-order valence-electron chi connectivity index (χ2n) is 3.03. The fourth-order valence-corrected chi connectivity index (χ4v) is 1.59. The van der Waals surface area contributed by atoms with Gasteiger partial charge in [0.1, 0.15) is 6.26 Å². The third-order valence-corrected chi connectivity index (χ3v) is 2.23. The van der Waals surface area contributed by atoms with Crippen molar-refractivity contribution in [2.75, 3.05) is 18.0 Å². The highest BCUT2D eigenvalue weighted by Crippen LogP contribution is 2.19. The highest BCUT2D eigenvalue weighted by molar-refractivity contribution is 5.42. The first kappa shape index (κ1) is 6.77. The molecule has 1 saturated heterocycles. The number of rotatable bonds is 1. The Bertz CT molecular complexity index is 199. The van der Waals surface area contributed by atoms with E-state index in [9.17, 15) is 0 Å². The van der Waals surface area contributed by atoms with Crippen molar-refractivity contribution in [3.8, 4) is 0 Å². The number of anilines is 1. The van der Waals surface area contributed by atoms with Gasteiger partial charge in [-0.15, -0.1) is 0 Å². The van der Waals surface area contributed by atoms with Crippen molar-refractivity contribution in [1.82, 2.24) is 0 Å². The molecular formula is C9H13NO. The first-order chi connectivity index (χ1) is 5.47. The molecule has 0 atom stereocenters. The van der Waals surface area contributed by atoms with Gasteiger partial charge in [-0.25, -0.2) is 0 Å². The Morgan fingerprint density at radius 1 is 1.18 bits per heavy atom. The molecule has 1 aromatic heterocycles. The van der Waals surface area contributed by atoms with Gasteiger partial charge in [0.2, 0.25) is 0 Å². The van der Waals surface area contributed by atoms with Crippen LogP contribution in [0.4, 0.5) is 5.69 Å². The average Bonchev–Trinajstić information content (AvgIpc) is 2.58. The Balaban J connectivity index is 2.04. The van der Waals surface area contributed by atoms with Crippen LogP contribution in [0.5, 0.6) is 0 Å². The Kier molecular flexibility index (Phi) is 1.84. The molecule has 2 heteroatoms. The molecule has 1 fully saturated rings. The second-order valence-corrected chi connectivity index (χ2v) is 3.03. The van der Waals surface area contributed by atoms with Gasteiger partial charge in [-0.2, -0.15) is 0 Å². The van der Waals surface area contributed by atoms with E-state index in [2.05, 4.69) is 4.90 Å². The summed E-state index contributed by atoms with van der Waals surface area (Å²) in [6, 6.07) is 2.03. The number of nitrogens with zero attached hydrogens (tertiary/aromatic N) is 1. The molecule has 0 radical (unpaired) electrons. The van der Waals surface area contributed by atoms with Gasteiger partial charge < -0.3 is 9.32 Å². The summed E-state index contributed by atoms with van der Waals surface area (Å²) in [6.07, 6.45) is 7.60. The van der Waals surface area contributed by atoms with Crippen LogP contribution in [0.1, 0.15) is 19.3 Å². The minimum atomic E-state index is 1.19. The highest BCUT2D eigenvalue weighted by atomic mass is 16.3. The van der Waals surface area contributed by atoms with Crippen LogP contribution in [0.15, 0.2) is 23.0 Å². The largest absolute Gasteiger partial charge is 0.470 e. The van der Waals surface area contributed by atoms with Crippen molar-refractivity contribution in [2.24, 2.45) is 0 Å². The van der Waals surface area contributed by atoms with E-state index in [1.165, 1.54) is 38.0 Å². The zero-order chi connectivity index (χ0) is 7.52. The van der Waals surface area contributed by atoms with E-state index >= 15 is 0 Å². The Morgan fingerprint density at radius 2 is 2.00 bits per heavy atom. The van der Waals surface area contributed by atoms with Crippen molar-refractivity contribution >= 4 is 5.69 Å². The molecule has 2 heterocycles. The minimum Gasteiger partial charge on any atom is -0.470 e. The molecule has 1 aromatic rings. The predicted molar refractivity (Wildman–Crippen MR) is 44.8 cm³/mol. The maximum Gasteiger partial charge on any atom is 0.114 e.